The minimum Gasteiger partial charge on any atom is -0.379 e. The van der Waals surface area contributed by atoms with E-state index in [0.29, 0.717) is 10.6 Å². The lowest BCUT2D eigenvalue weighted by atomic mass is 10.2. The van der Waals surface area contributed by atoms with Crippen molar-refractivity contribution < 1.29 is 9.15 Å². The van der Waals surface area contributed by atoms with Gasteiger partial charge in [-0.1, -0.05) is 28.9 Å². The molecule has 0 saturated heterocycles. The Labute approximate surface area is 106 Å². The maximum absolute atomic E-state index is 6.03. The first kappa shape index (κ1) is 10.7. The molecule has 3 rings (SSSR count). The second kappa shape index (κ2) is 4.11. The molecule has 18 heavy (non-hydrogen) atoms. The minimum atomic E-state index is 0.0986. The maximum Gasteiger partial charge on any atom is 0.259 e. The van der Waals surface area contributed by atoms with Gasteiger partial charge in [-0.05, 0) is 22.4 Å². The maximum atomic E-state index is 6.03. The molecule has 2 N–H and O–H groups in total. The van der Waals surface area contributed by atoms with Crippen molar-refractivity contribution in [2.75, 3.05) is 5.73 Å². The molecule has 0 bridgehead atoms. The lowest BCUT2D eigenvalue weighted by molar-refractivity contribution is 0.310. The molecule has 0 atom stereocenters. The van der Waals surface area contributed by atoms with Crippen molar-refractivity contribution in [3.8, 4) is 23.0 Å². The molecule has 0 saturated carbocycles. The molecule has 8 heteroatoms. The van der Waals surface area contributed by atoms with Crippen LogP contribution in [0.25, 0.3) is 23.0 Å². The number of nitrogens with two attached hydrogens (primary N) is 1. The van der Waals surface area contributed by atoms with Gasteiger partial charge in [0.1, 0.15) is 0 Å². The SMILES string of the molecule is Nc1nonc1-c1noc(-c2ccccc2Cl)n1. The number of rotatable bonds is 2. The molecule has 0 fully saturated rings. The van der Waals surface area contributed by atoms with Crippen molar-refractivity contribution in [2.24, 2.45) is 0 Å². The van der Waals surface area contributed by atoms with E-state index in [9.17, 15) is 0 Å². The predicted octanol–water partition coefficient (Wildman–Crippen LogP) is 2.02. The first-order chi connectivity index (χ1) is 8.75. The van der Waals surface area contributed by atoms with Gasteiger partial charge in [0.25, 0.3) is 5.89 Å². The van der Waals surface area contributed by atoms with E-state index in [2.05, 4.69) is 25.1 Å². The third-order valence-electron chi connectivity index (χ3n) is 2.26. The van der Waals surface area contributed by atoms with E-state index in [0.717, 1.165) is 0 Å². The summed E-state index contributed by atoms with van der Waals surface area (Å²) in [7, 11) is 0. The number of halogens is 1. The Kier molecular flexibility index (Phi) is 2.45. The molecule has 0 spiro atoms. The minimum absolute atomic E-state index is 0.0986. The van der Waals surface area contributed by atoms with Crippen LogP contribution >= 0.6 is 11.6 Å². The number of anilines is 1. The zero-order valence-corrected chi connectivity index (χ0v) is 9.63. The summed E-state index contributed by atoms with van der Waals surface area (Å²) in [6.07, 6.45) is 0. The summed E-state index contributed by atoms with van der Waals surface area (Å²) in [5.74, 6) is 0.572. The van der Waals surface area contributed by atoms with Crippen molar-refractivity contribution in [3.63, 3.8) is 0 Å². The van der Waals surface area contributed by atoms with Gasteiger partial charge in [0.2, 0.25) is 5.82 Å². The Morgan fingerprint density at radius 2 is 1.94 bits per heavy atom. The third-order valence-corrected chi connectivity index (χ3v) is 2.59. The lowest BCUT2D eigenvalue weighted by Crippen LogP contribution is -1.89. The lowest BCUT2D eigenvalue weighted by Gasteiger charge is -1.95. The first-order valence-corrected chi connectivity index (χ1v) is 5.30. The van der Waals surface area contributed by atoms with E-state index in [1.165, 1.54) is 0 Å². The van der Waals surface area contributed by atoms with Crippen LogP contribution in [0.2, 0.25) is 5.02 Å². The van der Waals surface area contributed by atoms with Crippen molar-refractivity contribution in [1.82, 2.24) is 20.5 Å². The van der Waals surface area contributed by atoms with Crippen LogP contribution in [-0.2, 0) is 0 Å². The fraction of sp³-hybridized carbons (Fsp3) is 0. The number of benzene rings is 1. The van der Waals surface area contributed by atoms with Gasteiger partial charge in [0.15, 0.2) is 11.5 Å². The van der Waals surface area contributed by atoms with Crippen LogP contribution in [0.4, 0.5) is 5.82 Å². The molecule has 0 unspecified atom stereocenters. The topological polar surface area (TPSA) is 104 Å². The number of hydrogen-bond donors (Lipinski definition) is 1. The van der Waals surface area contributed by atoms with Crippen molar-refractivity contribution in [1.29, 1.82) is 0 Å². The van der Waals surface area contributed by atoms with Crippen molar-refractivity contribution >= 4 is 17.4 Å². The summed E-state index contributed by atoms with van der Waals surface area (Å²) in [5.41, 5.74) is 6.40. The van der Waals surface area contributed by atoms with Gasteiger partial charge < -0.3 is 10.3 Å². The Hall–Kier alpha value is -2.41. The fourth-order valence-electron chi connectivity index (χ4n) is 1.41. The second-order valence-corrected chi connectivity index (χ2v) is 3.81. The van der Waals surface area contributed by atoms with Gasteiger partial charge in [0, 0.05) is 0 Å². The molecule has 0 amide bonds. The average Bonchev–Trinajstić information content (AvgIpc) is 2.98. The molecule has 3 aromatic rings. The molecule has 0 aliphatic heterocycles. The quantitative estimate of drug-likeness (QED) is 0.754. The van der Waals surface area contributed by atoms with E-state index in [1.54, 1.807) is 12.1 Å². The van der Waals surface area contributed by atoms with Gasteiger partial charge in [0.05, 0.1) is 10.6 Å². The highest BCUT2D eigenvalue weighted by Crippen LogP contribution is 2.28. The summed E-state index contributed by atoms with van der Waals surface area (Å²) >= 11 is 6.03. The van der Waals surface area contributed by atoms with Gasteiger partial charge in [-0.25, -0.2) is 4.63 Å². The number of nitrogen functional groups attached to an aromatic ring is 1. The second-order valence-electron chi connectivity index (χ2n) is 3.40. The molecule has 2 aromatic heterocycles. The predicted molar refractivity (Wildman–Crippen MR) is 62.4 cm³/mol. The van der Waals surface area contributed by atoms with Gasteiger partial charge in [-0.2, -0.15) is 4.98 Å². The highest BCUT2D eigenvalue weighted by atomic mass is 35.5. The van der Waals surface area contributed by atoms with Crippen molar-refractivity contribution in [3.05, 3.63) is 29.3 Å². The number of hydrogen-bond acceptors (Lipinski definition) is 7. The Balaban J connectivity index is 2.05. The molecule has 7 nitrogen and oxygen atoms in total. The monoisotopic (exact) mass is 263 g/mol. The highest BCUT2D eigenvalue weighted by molar-refractivity contribution is 6.33. The standard InChI is InChI=1S/C10H6ClN5O2/c11-6-4-2-1-3-5(6)10-13-9(16-17-10)7-8(12)15-18-14-7/h1-4H,(H2,12,15). The van der Waals surface area contributed by atoms with Gasteiger partial charge in [-0.15, -0.1) is 0 Å². The van der Waals surface area contributed by atoms with E-state index in [1.807, 2.05) is 12.1 Å². The molecule has 0 aliphatic rings. The molecule has 2 heterocycles. The first-order valence-electron chi connectivity index (χ1n) is 4.92. The largest absolute Gasteiger partial charge is 0.379 e. The Morgan fingerprint density at radius 1 is 1.11 bits per heavy atom. The molecule has 90 valence electrons. The van der Waals surface area contributed by atoms with Crippen LogP contribution in [0.3, 0.4) is 0 Å². The molecule has 0 aliphatic carbocycles. The molecular weight excluding hydrogens is 258 g/mol. The summed E-state index contributed by atoms with van der Waals surface area (Å²) in [6, 6.07) is 7.12. The van der Waals surface area contributed by atoms with Crippen LogP contribution in [0, 0.1) is 0 Å². The van der Waals surface area contributed by atoms with Crippen LogP contribution in [0.15, 0.2) is 33.4 Å². The van der Waals surface area contributed by atoms with Gasteiger partial charge >= 0.3 is 0 Å². The van der Waals surface area contributed by atoms with Crippen LogP contribution in [-0.4, -0.2) is 20.5 Å². The van der Waals surface area contributed by atoms with E-state index in [-0.39, 0.29) is 23.2 Å². The molecule has 0 radical (unpaired) electrons. The summed E-state index contributed by atoms with van der Waals surface area (Å²) in [6.45, 7) is 0. The van der Waals surface area contributed by atoms with E-state index < -0.39 is 0 Å². The van der Waals surface area contributed by atoms with Gasteiger partial charge in [-0.3, -0.25) is 0 Å². The van der Waals surface area contributed by atoms with Crippen LogP contribution in [0.1, 0.15) is 0 Å². The zero-order chi connectivity index (χ0) is 12.5. The van der Waals surface area contributed by atoms with Crippen molar-refractivity contribution in [2.45, 2.75) is 0 Å². The fourth-order valence-corrected chi connectivity index (χ4v) is 1.63. The summed E-state index contributed by atoms with van der Waals surface area (Å²) < 4.78 is 9.57. The Morgan fingerprint density at radius 3 is 2.67 bits per heavy atom. The summed E-state index contributed by atoms with van der Waals surface area (Å²) in [5, 5.41) is 11.3. The number of nitrogens with zero attached hydrogens (tertiary/aromatic N) is 4. The normalized spacial score (nSPS) is 10.7. The highest BCUT2D eigenvalue weighted by Gasteiger charge is 2.18. The number of aromatic nitrogens is 4. The van der Waals surface area contributed by atoms with E-state index >= 15 is 0 Å². The van der Waals surface area contributed by atoms with Crippen LogP contribution < -0.4 is 5.73 Å². The average molecular weight is 264 g/mol. The zero-order valence-electron chi connectivity index (χ0n) is 8.87. The molecular formula is C10H6ClN5O2. The molecule has 1 aromatic carbocycles. The third kappa shape index (κ3) is 1.70. The summed E-state index contributed by atoms with van der Waals surface area (Å²) in [4.78, 5) is 4.14. The van der Waals surface area contributed by atoms with Crippen LogP contribution in [0.5, 0.6) is 0 Å². The Bertz CT molecular complexity index is 693. The smallest absolute Gasteiger partial charge is 0.259 e. The van der Waals surface area contributed by atoms with E-state index in [4.69, 9.17) is 21.9 Å².